The molecule has 5 heteroatoms. The van der Waals surface area contributed by atoms with E-state index in [1.807, 2.05) is 6.92 Å². The van der Waals surface area contributed by atoms with Gasteiger partial charge in [0.1, 0.15) is 0 Å². The van der Waals surface area contributed by atoms with E-state index >= 15 is 0 Å². The highest BCUT2D eigenvalue weighted by molar-refractivity contribution is 5.71. The van der Waals surface area contributed by atoms with Crippen LogP contribution in [0, 0.1) is 11.3 Å². The van der Waals surface area contributed by atoms with Crippen molar-refractivity contribution in [1.29, 1.82) is 5.26 Å². The van der Waals surface area contributed by atoms with Gasteiger partial charge in [-0.15, -0.1) is 0 Å². The van der Waals surface area contributed by atoms with E-state index in [2.05, 4.69) is 77.4 Å². The summed E-state index contributed by atoms with van der Waals surface area (Å²) in [5, 5.41) is 9.71. The second-order valence-electron chi connectivity index (χ2n) is 8.96. The van der Waals surface area contributed by atoms with Crippen LogP contribution in [0.5, 0.6) is 0 Å². The van der Waals surface area contributed by atoms with Crippen LogP contribution in [0.1, 0.15) is 30.9 Å². The van der Waals surface area contributed by atoms with E-state index < -0.39 is 0 Å². The highest BCUT2D eigenvalue weighted by Gasteiger charge is 2.15. The van der Waals surface area contributed by atoms with Gasteiger partial charge in [-0.3, -0.25) is 9.80 Å². The maximum Gasteiger partial charge on any atom is 0.0950 e. The molecule has 1 aromatic carbocycles. The Hall–Kier alpha value is -2.23. The average molecular weight is 435 g/mol. The van der Waals surface area contributed by atoms with Crippen molar-refractivity contribution in [2.75, 3.05) is 66.6 Å². The number of likely N-dealkylation sites (N-methyl/N-ethyl adjacent to an activating group) is 2. The molecule has 2 aliphatic rings. The first-order valence-electron chi connectivity index (χ1n) is 11.8. The highest BCUT2D eigenvalue weighted by atomic mass is 16.5. The summed E-state index contributed by atoms with van der Waals surface area (Å²) in [6, 6.07) is 11.2. The van der Waals surface area contributed by atoms with E-state index in [4.69, 9.17) is 4.74 Å². The van der Waals surface area contributed by atoms with Gasteiger partial charge < -0.3 is 9.64 Å². The summed E-state index contributed by atoms with van der Waals surface area (Å²) >= 11 is 0. The lowest BCUT2D eigenvalue weighted by molar-refractivity contribution is 0.120. The second kappa shape index (κ2) is 12.7. The first-order valence-corrected chi connectivity index (χ1v) is 11.8. The fraction of sp³-hybridized carbons (Fsp3) is 0.519. The molecule has 1 saturated heterocycles. The molecule has 0 bridgehead atoms. The van der Waals surface area contributed by atoms with Crippen LogP contribution >= 0.6 is 0 Å². The van der Waals surface area contributed by atoms with Crippen molar-refractivity contribution < 1.29 is 4.74 Å². The van der Waals surface area contributed by atoms with Gasteiger partial charge in [-0.2, -0.15) is 5.26 Å². The van der Waals surface area contributed by atoms with Crippen molar-refractivity contribution >= 4 is 5.57 Å². The summed E-state index contributed by atoms with van der Waals surface area (Å²) in [5.74, 6) is 0. The van der Waals surface area contributed by atoms with E-state index in [-0.39, 0.29) is 0 Å². The molecule has 0 atom stereocenters. The number of benzene rings is 1. The minimum Gasteiger partial charge on any atom is -0.380 e. The van der Waals surface area contributed by atoms with Crippen molar-refractivity contribution in [3.63, 3.8) is 0 Å². The van der Waals surface area contributed by atoms with Gasteiger partial charge >= 0.3 is 0 Å². The normalized spacial score (nSPS) is 18.4. The van der Waals surface area contributed by atoms with Gasteiger partial charge in [-0.25, -0.2) is 0 Å². The maximum absolute atomic E-state index is 9.71. The molecule has 0 amide bonds. The van der Waals surface area contributed by atoms with E-state index in [1.54, 1.807) is 0 Å². The number of rotatable bonds is 9. The van der Waals surface area contributed by atoms with Crippen LogP contribution in [0.3, 0.4) is 0 Å². The zero-order valence-corrected chi connectivity index (χ0v) is 20.0. The van der Waals surface area contributed by atoms with Gasteiger partial charge in [0.25, 0.3) is 0 Å². The van der Waals surface area contributed by atoms with Gasteiger partial charge in [-0.1, -0.05) is 36.4 Å². The number of allylic oxidation sites excluding steroid dienone is 4. The number of hydrogen-bond acceptors (Lipinski definition) is 5. The Morgan fingerprint density at radius 2 is 1.91 bits per heavy atom. The summed E-state index contributed by atoms with van der Waals surface area (Å²) < 4.78 is 5.45. The summed E-state index contributed by atoms with van der Waals surface area (Å²) in [6.45, 7) is 10.8. The minimum atomic E-state index is 0.687. The van der Waals surface area contributed by atoms with Gasteiger partial charge in [0.05, 0.1) is 12.7 Å². The summed E-state index contributed by atoms with van der Waals surface area (Å²) in [5.41, 5.74) is 5.76. The van der Waals surface area contributed by atoms with Crippen LogP contribution in [-0.4, -0.2) is 81.3 Å². The molecule has 3 rings (SSSR count). The Balaban J connectivity index is 1.65. The van der Waals surface area contributed by atoms with Crippen molar-refractivity contribution in [1.82, 2.24) is 14.7 Å². The van der Waals surface area contributed by atoms with Crippen molar-refractivity contribution in [3.05, 3.63) is 64.8 Å². The summed E-state index contributed by atoms with van der Waals surface area (Å²) in [6.07, 6.45) is 8.41. The Morgan fingerprint density at radius 1 is 1.09 bits per heavy atom. The molecule has 5 nitrogen and oxygen atoms in total. The molecule has 0 spiro atoms. The molecule has 1 aliphatic heterocycles. The first kappa shape index (κ1) is 24.4. The predicted molar refractivity (Wildman–Crippen MR) is 132 cm³/mol. The zero-order valence-electron chi connectivity index (χ0n) is 20.0. The minimum absolute atomic E-state index is 0.687. The van der Waals surface area contributed by atoms with Crippen molar-refractivity contribution in [2.45, 2.75) is 26.3 Å². The summed E-state index contributed by atoms with van der Waals surface area (Å²) in [7, 11) is 4.32. The number of ether oxygens (including phenoxy) is 1. The Kier molecular flexibility index (Phi) is 9.70. The van der Waals surface area contributed by atoms with Crippen LogP contribution < -0.4 is 0 Å². The molecule has 1 aromatic rings. The van der Waals surface area contributed by atoms with Gasteiger partial charge in [0.2, 0.25) is 0 Å². The van der Waals surface area contributed by atoms with Crippen LogP contribution in [0.2, 0.25) is 0 Å². The van der Waals surface area contributed by atoms with Crippen LogP contribution in [0.4, 0.5) is 0 Å². The molecule has 0 radical (unpaired) electrons. The molecule has 0 saturated carbocycles. The van der Waals surface area contributed by atoms with Crippen LogP contribution in [0.25, 0.3) is 5.57 Å². The Morgan fingerprint density at radius 3 is 2.66 bits per heavy atom. The lowest BCUT2D eigenvalue weighted by Gasteiger charge is -2.20. The van der Waals surface area contributed by atoms with Crippen molar-refractivity contribution in [3.8, 4) is 6.07 Å². The molecule has 0 aromatic heterocycles. The fourth-order valence-corrected chi connectivity index (χ4v) is 4.26. The molecule has 32 heavy (non-hydrogen) atoms. The Labute approximate surface area is 194 Å². The lowest BCUT2D eigenvalue weighted by atomic mass is 9.98. The summed E-state index contributed by atoms with van der Waals surface area (Å²) in [4.78, 5) is 7.19. The third kappa shape index (κ3) is 7.72. The van der Waals surface area contributed by atoms with E-state index in [0.717, 1.165) is 64.6 Å². The SMILES string of the molecule is CCOCCN(C)Cc1ccc(C2=CC=C(CN3CCCN(C)CC3)C=C(C#N)C2)cc1. The molecular formula is C27H38N4O. The van der Waals surface area contributed by atoms with Gasteiger partial charge in [0, 0.05) is 51.3 Å². The average Bonchev–Trinajstić information content (AvgIpc) is 3.12. The smallest absolute Gasteiger partial charge is 0.0950 e. The number of hydrogen-bond donors (Lipinski definition) is 0. The highest BCUT2D eigenvalue weighted by Crippen LogP contribution is 2.27. The molecule has 0 N–H and O–H groups in total. The fourth-order valence-electron chi connectivity index (χ4n) is 4.26. The number of nitriles is 1. The molecule has 1 heterocycles. The van der Waals surface area contributed by atoms with Crippen LogP contribution in [-0.2, 0) is 11.3 Å². The lowest BCUT2D eigenvalue weighted by Crippen LogP contribution is -2.30. The Bertz CT molecular complexity index is 863. The monoisotopic (exact) mass is 434 g/mol. The van der Waals surface area contributed by atoms with Gasteiger partial charge in [-0.05, 0) is 68.9 Å². The quantitative estimate of drug-likeness (QED) is 0.551. The predicted octanol–water partition coefficient (Wildman–Crippen LogP) is 3.96. The largest absolute Gasteiger partial charge is 0.380 e. The molecular weight excluding hydrogens is 396 g/mol. The molecule has 1 fully saturated rings. The first-order chi connectivity index (χ1) is 15.6. The van der Waals surface area contributed by atoms with E-state index in [1.165, 1.54) is 28.7 Å². The van der Waals surface area contributed by atoms with E-state index in [9.17, 15) is 5.26 Å². The second-order valence-corrected chi connectivity index (χ2v) is 8.96. The van der Waals surface area contributed by atoms with Crippen LogP contribution in [0.15, 0.2) is 53.6 Å². The maximum atomic E-state index is 9.71. The molecule has 1 aliphatic carbocycles. The standard InChI is InChI=1S/C27H38N4O/c1-4-32-17-16-30(3)21-23-6-9-26(10-7-23)27-11-8-24(18-25(19-27)20-28)22-31-13-5-12-29(2)14-15-31/h6-11,18H,4-5,12-17,19,21-22H2,1-3H3. The van der Waals surface area contributed by atoms with Gasteiger partial charge in [0.15, 0.2) is 0 Å². The third-order valence-corrected chi connectivity index (χ3v) is 6.20. The number of nitrogens with zero attached hydrogens (tertiary/aromatic N) is 4. The van der Waals surface area contributed by atoms with Crippen molar-refractivity contribution in [2.24, 2.45) is 0 Å². The third-order valence-electron chi connectivity index (χ3n) is 6.20. The zero-order chi connectivity index (χ0) is 22.8. The molecule has 0 unspecified atom stereocenters. The topological polar surface area (TPSA) is 42.7 Å². The van der Waals surface area contributed by atoms with E-state index in [0.29, 0.717) is 6.42 Å². The molecule has 172 valence electrons.